The van der Waals surface area contributed by atoms with Crippen LogP contribution in [0, 0.1) is 6.42 Å². The third-order valence-corrected chi connectivity index (χ3v) is 3.33. The lowest BCUT2D eigenvalue weighted by molar-refractivity contribution is 0.0562. The van der Waals surface area contributed by atoms with Crippen molar-refractivity contribution >= 4 is 0 Å². The molecule has 1 aromatic rings. The smallest absolute Gasteiger partial charge is 0.161 e. The second kappa shape index (κ2) is 4.96. The standard InChI is InChI=1S/C14H18NO2/c1-4-8-15(9-5-1)10-12-11-16-13-6-2-3-7-14(13)17-12/h1-3,6-7,12H,4-5,8-11H2. The van der Waals surface area contributed by atoms with E-state index in [9.17, 15) is 0 Å². The number of benzene rings is 1. The van der Waals surface area contributed by atoms with E-state index >= 15 is 0 Å². The Bertz CT molecular complexity index is 374. The van der Waals surface area contributed by atoms with Gasteiger partial charge in [-0.2, -0.15) is 0 Å². The molecule has 91 valence electrons. The predicted octanol–water partition coefficient (Wildman–Crippen LogP) is 2.13. The van der Waals surface area contributed by atoms with E-state index in [1.54, 1.807) is 0 Å². The van der Waals surface area contributed by atoms with Gasteiger partial charge in [-0.15, -0.1) is 0 Å². The quantitative estimate of drug-likeness (QED) is 0.779. The van der Waals surface area contributed by atoms with E-state index in [1.807, 2.05) is 24.3 Å². The summed E-state index contributed by atoms with van der Waals surface area (Å²) in [5.41, 5.74) is 0. The molecule has 0 saturated carbocycles. The Morgan fingerprint density at radius 2 is 1.88 bits per heavy atom. The summed E-state index contributed by atoms with van der Waals surface area (Å²) in [7, 11) is 0. The van der Waals surface area contributed by atoms with E-state index in [1.165, 1.54) is 12.8 Å². The van der Waals surface area contributed by atoms with Gasteiger partial charge in [0.25, 0.3) is 0 Å². The molecule has 3 heteroatoms. The minimum absolute atomic E-state index is 0.169. The number of nitrogens with zero attached hydrogens (tertiary/aromatic N) is 1. The van der Waals surface area contributed by atoms with Crippen LogP contribution in [0.25, 0.3) is 0 Å². The van der Waals surface area contributed by atoms with E-state index < -0.39 is 0 Å². The van der Waals surface area contributed by atoms with Gasteiger partial charge in [0.05, 0.1) is 0 Å². The van der Waals surface area contributed by atoms with E-state index in [0.29, 0.717) is 6.61 Å². The van der Waals surface area contributed by atoms with Crippen molar-refractivity contribution in [3.8, 4) is 11.5 Å². The maximum Gasteiger partial charge on any atom is 0.161 e. The lowest BCUT2D eigenvalue weighted by Gasteiger charge is -2.33. The highest BCUT2D eigenvalue weighted by atomic mass is 16.6. The van der Waals surface area contributed by atoms with Gasteiger partial charge >= 0.3 is 0 Å². The zero-order chi connectivity index (χ0) is 11.5. The van der Waals surface area contributed by atoms with Gasteiger partial charge < -0.3 is 9.47 Å². The molecule has 0 amide bonds. The van der Waals surface area contributed by atoms with Crippen molar-refractivity contribution in [2.24, 2.45) is 0 Å². The second-order valence-corrected chi connectivity index (χ2v) is 4.66. The van der Waals surface area contributed by atoms with E-state index in [0.717, 1.165) is 31.1 Å². The van der Waals surface area contributed by atoms with Gasteiger partial charge in [0.2, 0.25) is 0 Å². The molecule has 0 N–H and O–H groups in total. The summed E-state index contributed by atoms with van der Waals surface area (Å²) in [5, 5.41) is 0. The minimum atomic E-state index is 0.169. The number of para-hydroxylation sites is 2. The lowest BCUT2D eigenvalue weighted by atomic mass is 10.1. The normalized spacial score (nSPS) is 24.6. The largest absolute Gasteiger partial charge is 0.486 e. The number of rotatable bonds is 2. The van der Waals surface area contributed by atoms with Crippen LogP contribution >= 0.6 is 0 Å². The number of likely N-dealkylation sites (tertiary alicyclic amines) is 1. The summed E-state index contributed by atoms with van der Waals surface area (Å²) >= 11 is 0. The lowest BCUT2D eigenvalue weighted by Crippen LogP contribution is -2.43. The van der Waals surface area contributed by atoms with Crippen molar-refractivity contribution in [2.75, 3.05) is 26.2 Å². The zero-order valence-electron chi connectivity index (χ0n) is 9.97. The number of piperidine rings is 1. The fourth-order valence-corrected chi connectivity index (χ4v) is 2.43. The molecule has 1 saturated heterocycles. The van der Waals surface area contributed by atoms with Crippen LogP contribution in [0.1, 0.15) is 12.8 Å². The maximum absolute atomic E-state index is 5.96. The van der Waals surface area contributed by atoms with Crippen molar-refractivity contribution in [3.05, 3.63) is 30.7 Å². The van der Waals surface area contributed by atoms with Crippen LogP contribution in [-0.2, 0) is 0 Å². The van der Waals surface area contributed by atoms with E-state index in [-0.39, 0.29) is 6.10 Å². The van der Waals surface area contributed by atoms with Crippen LogP contribution < -0.4 is 9.47 Å². The van der Waals surface area contributed by atoms with Gasteiger partial charge in [-0.1, -0.05) is 12.1 Å². The molecule has 17 heavy (non-hydrogen) atoms. The highest BCUT2D eigenvalue weighted by Gasteiger charge is 2.23. The Hall–Kier alpha value is -1.22. The molecule has 0 aliphatic carbocycles. The Morgan fingerprint density at radius 3 is 2.71 bits per heavy atom. The average Bonchev–Trinajstić information content (AvgIpc) is 2.40. The summed E-state index contributed by atoms with van der Waals surface area (Å²) in [6.07, 6.45) is 4.93. The first-order valence-corrected chi connectivity index (χ1v) is 6.34. The molecule has 2 aliphatic heterocycles. The molecule has 2 aliphatic rings. The second-order valence-electron chi connectivity index (χ2n) is 4.66. The van der Waals surface area contributed by atoms with Gasteiger partial charge in [-0.05, 0) is 44.5 Å². The maximum atomic E-state index is 5.96. The van der Waals surface area contributed by atoms with Crippen LogP contribution in [0.5, 0.6) is 11.5 Å². The Balaban J connectivity index is 1.60. The van der Waals surface area contributed by atoms with Gasteiger partial charge in [-0.3, -0.25) is 4.90 Å². The topological polar surface area (TPSA) is 21.7 Å². The van der Waals surface area contributed by atoms with Crippen molar-refractivity contribution in [2.45, 2.75) is 18.9 Å². The predicted molar refractivity (Wildman–Crippen MR) is 66.3 cm³/mol. The van der Waals surface area contributed by atoms with Crippen molar-refractivity contribution in [1.29, 1.82) is 0 Å². The number of ether oxygens (including phenoxy) is 2. The Kier molecular flexibility index (Phi) is 3.18. The first-order valence-electron chi connectivity index (χ1n) is 6.34. The minimum Gasteiger partial charge on any atom is -0.486 e. The SMILES string of the molecule is [CH]1CCN(CC2COc3ccccc3O2)CC1. The molecule has 0 spiro atoms. The van der Waals surface area contributed by atoms with Gasteiger partial charge in [0, 0.05) is 6.54 Å². The molecule has 1 fully saturated rings. The third-order valence-electron chi connectivity index (χ3n) is 3.33. The summed E-state index contributed by atoms with van der Waals surface area (Å²) in [6, 6.07) is 7.90. The average molecular weight is 232 g/mol. The molecule has 0 aromatic heterocycles. The molecule has 3 rings (SSSR count). The van der Waals surface area contributed by atoms with Crippen LogP contribution in [0.3, 0.4) is 0 Å². The molecule has 1 aromatic carbocycles. The summed E-state index contributed by atoms with van der Waals surface area (Å²) in [4.78, 5) is 2.46. The fraction of sp³-hybridized carbons (Fsp3) is 0.500. The van der Waals surface area contributed by atoms with Crippen LogP contribution in [-0.4, -0.2) is 37.2 Å². The van der Waals surface area contributed by atoms with E-state index in [2.05, 4.69) is 11.3 Å². The number of hydrogen-bond donors (Lipinski definition) is 0. The first kappa shape index (κ1) is 10.9. The van der Waals surface area contributed by atoms with Gasteiger partial charge in [-0.25, -0.2) is 0 Å². The van der Waals surface area contributed by atoms with Gasteiger partial charge in [0.15, 0.2) is 11.5 Å². The molecule has 0 bridgehead atoms. The van der Waals surface area contributed by atoms with Crippen molar-refractivity contribution < 1.29 is 9.47 Å². The number of hydrogen-bond acceptors (Lipinski definition) is 3. The fourth-order valence-electron chi connectivity index (χ4n) is 2.43. The van der Waals surface area contributed by atoms with Crippen LogP contribution in [0.2, 0.25) is 0 Å². The summed E-state index contributed by atoms with van der Waals surface area (Å²) < 4.78 is 11.7. The van der Waals surface area contributed by atoms with Crippen molar-refractivity contribution in [3.63, 3.8) is 0 Å². The van der Waals surface area contributed by atoms with Crippen LogP contribution in [0.15, 0.2) is 24.3 Å². The molecular formula is C14H18NO2. The molecule has 1 atom stereocenters. The summed E-state index contributed by atoms with van der Waals surface area (Å²) in [5.74, 6) is 1.75. The molecule has 3 nitrogen and oxygen atoms in total. The number of fused-ring (bicyclic) bond motifs is 1. The Morgan fingerprint density at radius 1 is 1.12 bits per heavy atom. The zero-order valence-corrected chi connectivity index (χ0v) is 9.97. The van der Waals surface area contributed by atoms with E-state index in [4.69, 9.17) is 9.47 Å². The highest BCUT2D eigenvalue weighted by molar-refractivity contribution is 5.40. The van der Waals surface area contributed by atoms with Gasteiger partial charge in [0.1, 0.15) is 12.7 Å². The Labute approximate surface area is 102 Å². The van der Waals surface area contributed by atoms with Crippen molar-refractivity contribution in [1.82, 2.24) is 4.90 Å². The third kappa shape index (κ3) is 2.55. The molecular weight excluding hydrogens is 214 g/mol. The monoisotopic (exact) mass is 232 g/mol. The molecule has 1 radical (unpaired) electrons. The van der Waals surface area contributed by atoms with Crippen LogP contribution in [0.4, 0.5) is 0 Å². The highest BCUT2D eigenvalue weighted by Crippen LogP contribution is 2.31. The first-order chi connectivity index (χ1) is 8.42. The summed E-state index contributed by atoms with van der Waals surface area (Å²) in [6.45, 7) is 3.95. The molecule has 1 unspecified atom stereocenters. The molecule has 2 heterocycles.